The van der Waals surface area contributed by atoms with Crippen molar-refractivity contribution in [2.75, 3.05) is 5.32 Å². The first-order valence-electron chi connectivity index (χ1n) is 7.62. The lowest BCUT2D eigenvalue weighted by Gasteiger charge is -2.37. The zero-order valence-electron chi connectivity index (χ0n) is 13.1. The van der Waals surface area contributed by atoms with Crippen LogP contribution < -0.4 is 10.4 Å². The first-order valence-corrected chi connectivity index (χ1v) is 7.62. The van der Waals surface area contributed by atoms with Gasteiger partial charge in [-0.3, -0.25) is 0 Å². The van der Waals surface area contributed by atoms with Gasteiger partial charge in [-0.15, -0.1) is 0 Å². The number of carboxylic acids is 1. The molecule has 1 N–H and O–H groups in total. The molecule has 1 heterocycles. The van der Waals surface area contributed by atoms with Crippen LogP contribution in [0.15, 0.2) is 12.4 Å². The number of nitrogens with zero attached hydrogens (tertiary/aromatic N) is 2. The smallest absolute Gasteiger partial charge is 0.129 e. The van der Waals surface area contributed by atoms with Crippen molar-refractivity contribution >= 4 is 11.8 Å². The summed E-state index contributed by atoms with van der Waals surface area (Å²) in [5, 5.41) is 14.0. The van der Waals surface area contributed by atoms with E-state index >= 15 is 0 Å². The number of hydrogen-bond acceptors (Lipinski definition) is 5. The minimum atomic E-state index is -1.12. The minimum Gasteiger partial charge on any atom is -0.550 e. The lowest BCUT2D eigenvalue weighted by Crippen LogP contribution is -2.31. The second kappa shape index (κ2) is 6.41. The summed E-state index contributed by atoms with van der Waals surface area (Å²) in [4.78, 5) is 18.7. The van der Waals surface area contributed by atoms with Gasteiger partial charge in [-0.05, 0) is 37.0 Å². The van der Waals surface area contributed by atoms with Crippen LogP contribution in [0.1, 0.15) is 52.1 Å². The standard InChI is InChI=1S/C16H25N3O2/c1-16(2,3)11-4-6-12(7-5-11)19-14-8-13(9-15(20)21)17-10-18-14/h8,10-12H,4-7,9H2,1-3H3,(H,20,21)(H,17,18,19)/p-1. The van der Waals surface area contributed by atoms with Crippen LogP contribution in [-0.2, 0) is 11.2 Å². The van der Waals surface area contributed by atoms with Crippen LogP contribution in [0.4, 0.5) is 5.82 Å². The molecular weight excluding hydrogens is 266 g/mol. The predicted molar refractivity (Wildman–Crippen MR) is 79.6 cm³/mol. The van der Waals surface area contributed by atoms with Gasteiger partial charge in [0.05, 0.1) is 5.69 Å². The van der Waals surface area contributed by atoms with Crippen molar-refractivity contribution in [2.45, 2.75) is 58.9 Å². The van der Waals surface area contributed by atoms with Gasteiger partial charge in [-0.1, -0.05) is 20.8 Å². The average Bonchev–Trinajstić information content (AvgIpc) is 2.38. The molecule has 0 bridgehead atoms. The first-order chi connectivity index (χ1) is 9.84. The number of carboxylic acid groups (broad SMARTS) is 1. The van der Waals surface area contributed by atoms with Crippen LogP contribution in [0.3, 0.4) is 0 Å². The predicted octanol–water partition coefficient (Wildman–Crippen LogP) is 1.79. The molecule has 0 atom stereocenters. The van der Waals surface area contributed by atoms with E-state index < -0.39 is 5.97 Å². The summed E-state index contributed by atoms with van der Waals surface area (Å²) in [5.74, 6) is 0.361. The number of rotatable bonds is 4. The molecule has 0 saturated heterocycles. The van der Waals surface area contributed by atoms with Gasteiger partial charge in [0.25, 0.3) is 0 Å². The number of aliphatic carboxylic acids is 1. The lowest BCUT2D eigenvalue weighted by atomic mass is 9.71. The van der Waals surface area contributed by atoms with E-state index in [4.69, 9.17) is 0 Å². The third kappa shape index (κ3) is 4.69. The Morgan fingerprint density at radius 2 is 1.95 bits per heavy atom. The van der Waals surface area contributed by atoms with E-state index in [2.05, 4.69) is 36.1 Å². The van der Waals surface area contributed by atoms with E-state index in [9.17, 15) is 9.90 Å². The number of carbonyl (C=O) groups is 1. The first kappa shape index (κ1) is 15.7. The molecule has 5 nitrogen and oxygen atoms in total. The maximum atomic E-state index is 10.6. The zero-order chi connectivity index (χ0) is 15.5. The highest BCUT2D eigenvalue weighted by molar-refractivity contribution is 5.67. The largest absolute Gasteiger partial charge is 0.550 e. The molecule has 5 heteroatoms. The molecule has 21 heavy (non-hydrogen) atoms. The lowest BCUT2D eigenvalue weighted by molar-refractivity contribution is -0.304. The molecule has 2 rings (SSSR count). The molecule has 116 valence electrons. The fraction of sp³-hybridized carbons (Fsp3) is 0.688. The fourth-order valence-corrected chi connectivity index (χ4v) is 3.03. The van der Waals surface area contributed by atoms with E-state index in [-0.39, 0.29) is 6.42 Å². The molecule has 1 aliphatic rings. The van der Waals surface area contributed by atoms with Crippen LogP contribution in [0.2, 0.25) is 0 Å². The molecule has 1 aliphatic carbocycles. The Bertz CT molecular complexity index is 489. The molecule has 1 aromatic heterocycles. The van der Waals surface area contributed by atoms with Gasteiger partial charge in [0.15, 0.2) is 0 Å². The van der Waals surface area contributed by atoms with E-state index in [1.807, 2.05) is 0 Å². The third-order valence-corrected chi connectivity index (χ3v) is 4.35. The number of anilines is 1. The molecule has 0 radical (unpaired) electrons. The van der Waals surface area contributed by atoms with E-state index in [0.29, 0.717) is 23.0 Å². The van der Waals surface area contributed by atoms with Crippen LogP contribution in [0.5, 0.6) is 0 Å². The topological polar surface area (TPSA) is 77.9 Å². The Morgan fingerprint density at radius 3 is 2.52 bits per heavy atom. The summed E-state index contributed by atoms with van der Waals surface area (Å²) in [5.41, 5.74) is 0.859. The van der Waals surface area contributed by atoms with Gasteiger partial charge >= 0.3 is 0 Å². The van der Waals surface area contributed by atoms with Crippen molar-refractivity contribution < 1.29 is 9.90 Å². The van der Waals surface area contributed by atoms with Crippen molar-refractivity contribution in [3.63, 3.8) is 0 Å². The SMILES string of the molecule is CC(C)(C)C1CCC(Nc2cc(CC(=O)[O-])ncn2)CC1. The summed E-state index contributed by atoms with van der Waals surface area (Å²) >= 11 is 0. The quantitative estimate of drug-likeness (QED) is 0.914. The maximum absolute atomic E-state index is 10.6. The molecule has 1 aromatic rings. The maximum Gasteiger partial charge on any atom is 0.129 e. The molecule has 0 aromatic carbocycles. The average molecular weight is 290 g/mol. The van der Waals surface area contributed by atoms with Gasteiger partial charge in [0, 0.05) is 24.5 Å². The monoisotopic (exact) mass is 290 g/mol. The highest BCUT2D eigenvalue weighted by Gasteiger charge is 2.29. The molecule has 0 amide bonds. The van der Waals surface area contributed by atoms with E-state index in [1.54, 1.807) is 6.07 Å². The number of hydrogen-bond donors (Lipinski definition) is 1. The summed E-state index contributed by atoms with van der Waals surface area (Å²) in [6.07, 6.45) is 5.93. The van der Waals surface area contributed by atoms with Crippen molar-refractivity contribution in [3.8, 4) is 0 Å². The number of carbonyl (C=O) groups excluding carboxylic acids is 1. The summed E-state index contributed by atoms with van der Waals surface area (Å²) < 4.78 is 0. The van der Waals surface area contributed by atoms with Gasteiger partial charge in [0.2, 0.25) is 0 Å². The molecule has 0 unspecified atom stereocenters. The van der Waals surface area contributed by atoms with Gasteiger partial charge in [-0.25, -0.2) is 9.97 Å². The second-order valence-electron chi connectivity index (χ2n) is 7.00. The molecule has 0 spiro atoms. The molecule has 0 aliphatic heterocycles. The van der Waals surface area contributed by atoms with Gasteiger partial charge in [0.1, 0.15) is 12.1 Å². The Kier molecular flexibility index (Phi) is 4.80. The zero-order valence-corrected chi connectivity index (χ0v) is 13.1. The van der Waals surface area contributed by atoms with Crippen molar-refractivity contribution in [3.05, 3.63) is 18.1 Å². The Labute approximate surface area is 126 Å². The number of aromatic nitrogens is 2. The second-order valence-corrected chi connectivity index (χ2v) is 7.00. The molecular formula is C16H24N3O2-. The Hall–Kier alpha value is -1.65. The third-order valence-electron chi connectivity index (χ3n) is 4.35. The van der Waals surface area contributed by atoms with Crippen LogP contribution in [0, 0.1) is 11.3 Å². The van der Waals surface area contributed by atoms with Crippen LogP contribution >= 0.6 is 0 Å². The minimum absolute atomic E-state index is 0.173. The highest BCUT2D eigenvalue weighted by atomic mass is 16.4. The molecule has 1 saturated carbocycles. The highest BCUT2D eigenvalue weighted by Crippen LogP contribution is 2.38. The summed E-state index contributed by atoms with van der Waals surface area (Å²) in [6.45, 7) is 6.92. The van der Waals surface area contributed by atoms with Crippen LogP contribution in [-0.4, -0.2) is 22.0 Å². The van der Waals surface area contributed by atoms with Crippen molar-refractivity contribution in [1.29, 1.82) is 0 Å². The van der Waals surface area contributed by atoms with Gasteiger partial charge in [-0.2, -0.15) is 0 Å². The summed E-state index contributed by atoms with van der Waals surface area (Å²) in [7, 11) is 0. The Balaban J connectivity index is 1.90. The van der Waals surface area contributed by atoms with Crippen molar-refractivity contribution in [2.24, 2.45) is 11.3 Å². The van der Waals surface area contributed by atoms with Gasteiger partial charge < -0.3 is 15.2 Å². The fourth-order valence-electron chi connectivity index (χ4n) is 3.03. The van der Waals surface area contributed by atoms with Crippen molar-refractivity contribution in [1.82, 2.24) is 9.97 Å². The van der Waals surface area contributed by atoms with E-state index in [0.717, 1.165) is 18.8 Å². The van der Waals surface area contributed by atoms with Crippen LogP contribution in [0.25, 0.3) is 0 Å². The normalized spacial score (nSPS) is 22.8. The Morgan fingerprint density at radius 1 is 1.29 bits per heavy atom. The van der Waals surface area contributed by atoms with E-state index in [1.165, 1.54) is 19.2 Å². The number of nitrogens with one attached hydrogen (secondary N) is 1. The summed E-state index contributed by atoms with van der Waals surface area (Å²) in [6, 6.07) is 2.11. The molecule has 1 fully saturated rings.